The van der Waals surface area contributed by atoms with Crippen LogP contribution in [0.3, 0.4) is 0 Å². The molecule has 22 heavy (non-hydrogen) atoms. The summed E-state index contributed by atoms with van der Waals surface area (Å²) in [4.78, 5) is 8.40. The molecule has 3 rings (SSSR count). The number of methoxy groups -OCH3 is 2. The zero-order valence-electron chi connectivity index (χ0n) is 12.1. The highest BCUT2D eigenvalue weighted by Crippen LogP contribution is 2.34. The minimum Gasteiger partial charge on any atom is -0.493 e. The molecule has 5 nitrogen and oxygen atoms in total. The van der Waals surface area contributed by atoms with Crippen LogP contribution in [0.4, 0.5) is 15.9 Å². The summed E-state index contributed by atoms with van der Waals surface area (Å²) >= 11 is 0. The molecule has 112 valence electrons. The number of nitrogens with zero attached hydrogens (tertiary/aromatic N) is 2. The third-order valence-electron chi connectivity index (χ3n) is 3.27. The lowest BCUT2D eigenvalue weighted by molar-refractivity contribution is 0.356. The number of hydrogen-bond acceptors (Lipinski definition) is 5. The molecule has 0 bridgehead atoms. The van der Waals surface area contributed by atoms with E-state index < -0.39 is 0 Å². The van der Waals surface area contributed by atoms with Crippen molar-refractivity contribution in [2.24, 2.45) is 0 Å². The van der Waals surface area contributed by atoms with Crippen LogP contribution in [0.25, 0.3) is 10.9 Å². The molecular weight excluding hydrogens is 284 g/mol. The van der Waals surface area contributed by atoms with E-state index in [1.807, 2.05) is 0 Å². The van der Waals surface area contributed by atoms with E-state index >= 15 is 0 Å². The number of hydrogen-bond donors (Lipinski definition) is 1. The Morgan fingerprint density at radius 1 is 1.00 bits per heavy atom. The quantitative estimate of drug-likeness (QED) is 0.798. The maximum atomic E-state index is 13.8. The molecular formula is C16H14FN3O2. The fourth-order valence-corrected chi connectivity index (χ4v) is 2.17. The maximum Gasteiger partial charge on any atom is 0.162 e. The van der Waals surface area contributed by atoms with Crippen LogP contribution in [-0.2, 0) is 0 Å². The largest absolute Gasteiger partial charge is 0.493 e. The van der Waals surface area contributed by atoms with Gasteiger partial charge in [0, 0.05) is 11.5 Å². The first-order valence-electron chi connectivity index (χ1n) is 6.61. The van der Waals surface area contributed by atoms with E-state index in [-0.39, 0.29) is 5.82 Å². The zero-order valence-corrected chi connectivity index (χ0v) is 12.1. The van der Waals surface area contributed by atoms with Gasteiger partial charge in [0.2, 0.25) is 0 Å². The van der Waals surface area contributed by atoms with E-state index in [0.717, 1.165) is 0 Å². The van der Waals surface area contributed by atoms with Crippen molar-refractivity contribution in [2.75, 3.05) is 19.5 Å². The first-order chi connectivity index (χ1) is 10.7. The fourth-order valence-electron chi connectivity index (χ4n) is 2.17. The Balaban J connectivity index is 2.12. The number of benzene rings is 2. The molecule has 0 amide bonds. The van der Waals surface area contributed by atoms with Gasteiger partial charge in [0.1, 0.15) is 18.0 Å². The summed E-state index contributed by atoms with van der Waals surface area (Å²) in [6.07, 6.45) is 1.41. The number of nitrogens with one attached hydrogen (secondary N) is 1. The van der Waals surface area contributed by atoms with Crippen molar-refractivity contribution in [1.29, 1.82) is 0 Å². The smallest absolute Gasteiger partial charge is 0.162 e. The van der Waals surface area contributed by atoms with Crippen molar-refractivity contribution < 1.29 is 13.9 Å². The molecule has 0 aliphatic rings. The highest BCUT2D eigenvalue weighted by atomic mass is 18.2. The molecule has 0 saturated heterocycles. The van der Waals surface area contributed by atoms with Crippen LogP contribution in [0.5, 0.6) is 11.5 Å². The highest BCUT2D eigenvalue weighted by molar-refractivity contribution is 5.93. The van der Waals surface area contributed by atoms with E-state index in [0.29, 0.717) is 33.9 Å². The summed E-state index contributed by atoms with van der Waals surface area (Å²) in [5.41, 5.74) is 1.02. The number of anilines is 2. The minimum absolute atomic E-state index is 0.345. The molecule has 1 N–H and O–H groups in total. The van der Waals surface area contributed by atoms with Gasteiger partial charge in [-0.1, -0.05) is 12.1 Å². The zero-order chi connectivity index (χ0) is 15.5. The first kappa shape index (κ1) is 14.1. The van der Waals surface area contributed by atoms with Gasteiger partial charge in [0.05, 0.1) is 25.4 Å². The third kappa shape index (κ3) is 2.50. The normalized spacial score (nSPS) is 10.5. The number of fused-ring (bicyclic) bond motifs is 1. The van der Waals surface area contributed by atoms with Crippen LogP contribution in [-0.4, -0.2) is 24.2 Å². The van der Waals surface area contributed by atoms with E-state index in [9.17, 15) is 4.39 Å². The molecule has 0 fully saturated rings. The topological polar surface area (TPSA) is 56.3 Å². The van der Waals surface area contributed by atoms with Crippen LogP contribution in [0.2, 0.25) is 0 Å². The van der Waals surface area contributed by atoms with Crippen LogP contribution >= 0.6 is 0 Å². The monoisotopic (exact) mass is 298 g/mol. The summed E-state index contributed by atoms with van der Waals surface area (Å²) in [7, 11) is 3.11. The summed E-state index contributed by atoms with van der Waals surface area (Å²) in [5.74, 6) is 1.28. The van der Waals surface area contributed by atoms with Crippen LogP contribution < -0.4 is 14.8 Å². The first-order valence-corrected chi connectivity index (χ1v) is 6.61. The highest BCUT2D eigenvalue weighted by Gasteiger charge is 2.12. The summed E-state index contributed by atoms with van der Waals surface area (Å²) in [6, 6.07) is 9.92. The molecule has 0 aliphatic carbocycles. The summed E-state index contributed by atoms with van der Waals surface area (Å²) < 4.78 is 24.3. The van der Waals surface area contributed by atoms with Crippen molar-refractivity contribution in [1.82, 2.24) is 9.97 Å². The average Bonchev–Trinajstić information content (AvgIpc) is 2.56. The van der Waals surface area contributed by atoms with Crippen molar-refractivity contribution in [2.45, 2.75) is 0 Å². The van der Waals surface area contributed by atoms with Crippen molar-refractivity contribution in [3.63, 3.8) is 0 Å². The second kappa shape index (κ2) is 5.85. The molecule has 6 heteroatoms. The molecule has 1 aromatic heterocycles. The number of rotatable bonds is 4. The summed E-state index contributed by atoms with van der Waals surface area (Å²) in [5, 5.41) is 3.69. The predicted molar refractivity (Wildman–Crippen MR) is 82.3 cm³/mol. The van der Waals surface area contributed by atoms with Crippen LogP contribution in [0.1, 0.15) is 0 Å². The van der Waals surface area contributed by atoms with Gasteiger partial charge in [-0.2, -0.15) is 0 Å². The molecule has 0 unspecified atom stereocenters. The van der Waals surface area contributed by atoms with Crippen molar-refractivity contribution in [3.05, 3.63) is 48.5 Å². The predicted octanol–water partition coefficient (Wildman–Crippen LogP) is 3.53. The lowest BCUT2D eigenvalue weighted by Gasteiger charge is -2.12. The number of aromatic nitrogens is 2. The van der Waals surface area contributed by atoms with Gasteiger partial charge >= 0.3 is 0 Å². The lowest BCUT2D eigenvalue weighted by atomic mass is 10.2. The Morgan fingerprint density at radius 2 is 1.73 bits per heavy atom. The van der Waals surface area contributed by atoms with E-state index in [1.165, 1.54) is 12.4 Å². The Kier molecular flexibility index (Phi) is 3.74. The standard InChI is InChI=1S/C16H14FN3O2/c1-21-14-7-10-13(8-15(14)22-2)18-9-19-16(10)20-12-6-4-3-5-11(12)17/h3-9H,1-2H3,(H,18,19,20)/i17-1. The average molecular weight is 298 g/mol. The second-order valence-electron chi connectivity index (χ2n) is 4.55. The Morgan fingerprint density at radius 3 is 2.45 bits per heavy atom. The molecule has 0 saturated carbocycles. The van der Waals surface area contributed by atoms with Gasteiger partial charge in [0.15, 0.2) is 11.5 Å². The molecule has 2 aromatic carbocycles. The maximum absolute atomic E-state index is 13.8. The molecule has 0 aliphatic heterocycles. The Labute approximate surface area is 126 Å². The van der Waals surface area contributed by atoms with E-state index in [1.54, 1.807) is 44.6 Å². The van der Waals surface area contributed by atoms with Crippen molar-refractivity contribution >= 4 is 22.4 Å². The molecule has 3 aromatic rings. The Hall–Kier alpha value is -2.89. The van der Waals surface area contributed by atoms with E-state index in [2.05, 4.69) is 15.3 Å². The summed E-state index contributed by atoms with van der Waals surface area (Å²) in [6.45, 7) is 0. The molecule has 0 radical (unpaired) electrons. The fraction of sp³-hybridized carbons (Fsp3) is 0.125. The number of ether oxygens (including phenoxy) is 2. The van der Waals surface area contributed by atoms with Crippen LogP contribution in [0.15, 0.2) is 42.7 Å². The molecule has 0 spiro atoms. The van der Waals surface area contributed by atoms with Gasteiger partial charge in [0.25, 0.3) is 0 Å². The number of halogens is 1. The van der Waals surface area contributed by atoms with Crippen LogP contribution in [0, 0.1) is 5.82 Å². The van der Waals surface area contributed by atoms with Gasteiger partial charge < -0.3 is 14.8 Å². The SMILES string of the molecule is COc1cc2ncnc(Nc3ccccc3[18F])c2cc1OC. The molecule has 0 atom stereocenters. The van der Waals surface area contributed by atoms with Gasteiger partial charge in [-0.15, -0.1) is 0 Å². The Bertz CT molecular complexity index is 824. The second-order valence-corrected chi connectivity index (χ2v) is 4.55. The lowest BCUT2D eigenvalue weighted by Crippen LogP contribution is -1.99. The van der Waals surface area contributed by atoms with Gasteiger partial charge in [-0.3, -0.25) is 0 Å². The van der Waals surface area contributed by atoms with E-state index in [4.69, 9.17) is 9.47 Å². The minimum atomic E-state index is -0.352. The van der Waals surface area contributed by atoms with Gasteiger partial charge in [-0.25, -0.2) is 14.4 Å². The van der Waals surface area contributed by atoms with Crippen molar-refractivity contribution in [3.8, 4) is 11.5 Å². The molecule has 1 heterocycles. The number of para-hydroxylation sites is 1. The third-order valence-corrected chi connectivity index (χ3v) is 3.27. The van der Waals surface area contributed by atoms with Gasteiger partial charge in [-0.05, 0) is 18.2 Å².